The maximum absolute atomic E-state index is 14.3. The van der Waals surface area contributed by atoms with Gasteiger partial charge in [-0.2, -0.15) is 0 Å². The van der Waals surface area contributed by atoms with E-state index in [0.29, 0.717) is 32.4 Å². The number of carboxylic acids is 1. The standard InChI is InChI=1S/C36H51N5O8/c1-35(2,3)49-33(46)37-27-16-10-8-6-7-9-14-24-20-36(24,32(44)45)38-30(42)28-19-25(21-41(28)31(27)43)48-34(47)40-18-17-23-13-11-12-15-26(23)29(40)22-39(4)5/h9,11-15,24-25,27-29H,6-8,10,16-22H2,1-5H3,(H,37,46)(H,38,42)(H,44,45)/b14-9+/t24-,25-,27+,28+,29?,36-/m1/s1. The van der Waals surface area contributed by atoms with Gasteiger partial charge in [0.05, 0.1) is 12.6 Å². The Morgan fingerprint density at radius 2 is 1.88 bits per heavy atom. The van der Waals surface area contributed by atoms with Gasteiger partial charge in [-0.05, 0) is 78.1 Å². The number of nitrogens with one attached hydrogen (secondary N) is 2. The predicted molar refractivity (Wildman–Crippen MR) is 181 cm³/mol. The summed E-state index contributed by atoms with van der Waals surface area (Å²) >= 11 is 0. The fraction of sp³-hybridized carbons (Fsp3) is 0.639. The number of alkyl carbamates (subject to hydrolysis) is 1. The van der Waals surface area contributed by atoms with Gasteiger partial charge in [-0.3, -0.25) is 14.5 Å². The summed E-state index contributed by atoms with van der Waals surface area (Å²) in [4.78, 5) is 72.3. The van der Waals surface area contributed by atoms with Gasteiger partial charge in [-0.1, -0.05) is 49.3 Å². The van der Waals surface area contributed by atoms with Crippen molar-refractivity contribution in [2.75, 3.05) is 33.7 Å². The van der Waals surface area contributed by atoms with Crippen molar-refractivity contribution < 1.29 is 38.6 Å². The average molecular weight is 682 g/mol. The number of carbonyl (C=O) groups excluding carboxylic acids is 4. The first-order valence-electron chi connectivity index (χ1n) is 17.4. The number of ether oxygens (including phenoxy) is 2. The molecule has 3 N–H and O–H groups in total. The number of fused-ring (bicyclic) bond motifs is 3. The van der Waals surface area contributed by atoms with Crippen LogP contribution in [0.3, 0.4) is 0 Å². The van der Waals surface area contributed by atoms with Crippen LogP contribution in [0.2, 0.25) is 0 Å². The van der Waals surface area contributed by atoms with E-state index in [1.165, 1.54) is 10.5 Å². The molecule has 0 bridgehead atoms. The molecule has 3 aliphatic heterocycles. The van der Waals surface area contributed by atoms with Gasteiger partial charge in [0.1, 0.15) is 29.3 Å². The second-order valence-corrected chi connectivity index (χ2v) is 15.0. The number of nitrogens with zero attached hydrogens (tertiary/aromatic N) is 3. The summed E-state index contributed by atoms with van der Waals surface area (Å²) in [6.45, 7) is 6.13. The highest BCUT2D eigenvalue weighted by atomic mass is 16.6. The fourth-order valence-electron chi connectivity index (χ4n) is 7.22. The van der Waals surface area contributed by atoms with Gasteiger partial charge in [0, 0.05) is 25.4 Å². The molecule has 13 heteroatoms. The van der Waals surface area contributed by atoms with Crippen molar-refractivity contribution in [3.05, 3.63) is 47.5 Å². The SMILES string of the molecule is CN(C)CC1c2ccccc2CCN1C(=O)O[C@@H]1C[C@H]2C(=O)N[C@]3(C(=O)O)C[C@H]3/C=C/CCCCC[C@H](NC(=O)OC(C)(C)C)C(=O)N2C1. The molecule has 1 unspecified atom stereocenters. The lowest BCUT2D eigenvalue weighted by atomic mass is 9.92. The van der Waals surface area contributed by atoms with E-state index in [4.69, 9.17) is 9.47 Å². The van der Waals surface area contributed by atoms with Crippen LogP contribution in [0.5, 0.6) is 0 Å². The number of carbonyl (C=O) groups is 5. The van der Waals surface area contributed by atoms with Crippen LogP contribution in [0.25, 0.3) is 0 Å². The second-order valence-electron chi connectivity index (χ2n) is 15.0. The molecule has 13 nitrogen and oxygen atoms in total. The summed E-state index contributed by atoms with van der Waals surface area (Å²) in [6, 6.07) is 5.68. The van der Waals surface area contributed by atoms with Crippen LogP contribution in [0.4, 0.5) is 9.59 Å². The number of amides is 4. The van der Waals surface area contributed by atoms with E-state index in [-0.39, 0.29) is 31.3 Å². The zero-order valence-corrected chi connectivity index (χ0v) is 29.3. The molecule has 1 aromatic rings. The molecular formula is C36H51N5O8. The highest BCUT2D eigenvalue weighted by Crippen LogP contribution is 2.45. The van der Waals surface area contributed by atoms with Gasteiger partial charge in [-0.15, -0.1) is 0 Å². The number of hydrogen-bond acceptors (Lipinski definition) is 8. The van der Waals surface area contributed by atoms with Crippen LogP contribution in [-0.4, -0.2) is 113 Å². The number of hydrogen-bond donors (Lipinski definition) is 3. The Kier molecular flexibility index (Phi) is 10.9. The Balaban J connectivity index is 1.40. The monoisotopic (exact) mass is 681 g/mol. The molecule has 0 aromatic heterocycles. The van der Waals surface area contributed by atoms with Crippen LogP contribution in [-0.2, 0) is 30.3 Å². The first-order chi connectivity index (χ1) is 23.2. The molecule has 1 aromatic carbocycles. The summed E-state index contributed by atoms with van der Waals surface area (Å²) in [5.74, 6) is -2.64. The van der Waals surface area contributed by atoms with Gasteiger partial charge < -0.3 is 35.0 Å². The minimum Gasteiger partial charge on any atom is -0.479 e. The van der Waals surface area contributed by atoms with Crippen molar-refractivity contribution in [2.45, 2.75) is 108 Å². The predicted octanol–water partition coefficient (Wildman–Crippen LogP) is 3.63. The number of rotatable bonds is 5. The number of carboxylic acid groups (broad SMARTS) is 1. The summed E-state index contributed by atoms with van der Waals surface area (Å²) in [5, 5.41) is 15.6. The van der Waals surface area contributed by atoms with Crippen molar-refractivity contribution in [2.24, 2.45) is 5.92 Å². The number of likely N-dealkylation sites (N-methyl/N-ethyl adjacent to an activating group) is 1. The van der Waals surface area contributed by atoms with Gasteiger partial charge in [-0.25, -0.2) is 14.4 Å². The van der Waals surface area contributed by atoms with Gasteiger partial charge in [0.25, 0.3) is 0 Å². The molecule has 2 fully saturated rings. The largest absolute Gasteiger partial charge is 0.479 e. The Morgan fingerprint density at radius 3 is 2.59 bits per heavy atom. The van der Waals surface area contributed by atoms with Crippen LogP contribution in [0.1, 0.15) is 82.9 Å². The molecule has 4 aliphatic rings. The topological polar surface area (TPSA) is 158 Å². The van der Waals surface area contributed by atoms with Crippen molar-refractivity contribution in [1.29, 1.82) is 0 Å². The second kappa shape index (κ2) is 14.8. The molecule has 49 heavy (non-hydrogen) atoms. The lowest BCUT2D eigenvalue weighted by Crippen LogP contribution is -2.56. The van der Waals surface area contributed by atoms with Crippen LogP contribution in [0.15, 0.2) is 36.4 Å². The highest BCUT2D eigenvalue weighted by Gasteiger charge is 2.61. The molecule has 1 saturated carbocycles. The Bertz CT molecular complexity index is 1460. The van der Waals surface area contributed by atoms with E-state index in [9.17, 15) is 29.1 Å². The Morgan fingerprint density at radius 1 is 1.12 bits per heavy atom. The van der Waals surface area contributed by atoms with E-state index in [1.807, 2.05) is 49.3 Å². The summed E-state index contributed by atoms with van der Waals surface area (Å²) in [7, 11) is 3.89. The highest BCUT2D eigenvalue weighted by molar-refractivity contribution is 5.96. The summed E-state index contributed by atoms with van der Waals surface area (Å²) < 4.78 is 11.5. The van der Waals surface area contributed by atoms with Crippen molar-refractivity contribution in [3.63, 3.8) is 0 Å². The molecule has 1 saturated heterocycles. The van der Waals surface area contributed by atoms with Crippen LogP contribution < -0.4 is 10.6 Å². The molecule has 268 valence electrons. The third-order valence-corrected chi connectivity index (χ3v) is 9.76. The number of benzene rings is 1. The molecule has 5 rings (SSSR count). The smallest absolute Gasteiger partial charge is 0.410 e. The Hall–Kier alpha value is -4.13. The van der Waals surface area contributed by atoms with E-state index < -0.39 is 59.3 Å². The third kappa shape index (κ3) is 8.55. The maximum atomic E-state index is 14.3. The quantitative estimate of drug-likeness (QED) is 0.395. The number of aliphatic carboxylic acids is 1. The van der Waals surface area contributed by atoms with E-state index in [1.54, 1.807) is 25.7 Å². The maximum Gasteiger partial charge on any atom is 0.410 e. The molecule has 4 amide bonds. The van der Waals surface area contributed by atoms with Crippen molar-refractivity contribution in [3.8, 4) is 0 Å². The van der Waals surface area contributed by atoms with Crippen molar-refractivity contribution in [1.82, 2.24) is 25.3 Å². The zero-order chi connectivity index (χ0) is 35.5. The molecule has 0 radical (unpaired) electrons. The Labute approximate surface area is 288 Å². The third-order valence-electron chi connectivity index (χ3n) is 9.76. The first kappa shape index (κ1) is 36.2. The summed E-state index contributed by atoms with van der Waals surface area (Å²) in [5.41, 5.74) is -0.0286. The zero-order valence-electron chi connectivity index (χ0n) is 29.3. The average Bonchev–Trinajstić information content (AvgIpc) is 3.56. The lowest BCUT2D eigenvalue weighted by Gasteiger charge is -2.38. The summed E-state index contributed by atoms with van der Waals surface area (Å²) in [6.07, 6.45) is 5.87. The van der Waals surface area contributed by atoms with Crippen molar-refractivity contribution >= 4 is 30.0 Å². The normalized spacial score (nSPS) is 29.7. The minimum absolute atomic E-state index is 0.0125. The van der Waals surface area contributed by atoms with E-state index >= 15 is 0 Å². The molecular weight excluding hydrogens is 630 g/mol. The van der Waals surface area contributed by atoms with Crippen LogP contribution >= 0.6 is 0 Å². The first-order valence-corrected chi connectivity index (χ1v) is 17.4. The lowest BCUT2D eigenvalue weighted by molar-refractivity contribution is -0.145. The van der Waals surface area contributed by atoms with Crippen LogP contribution in [0, 0.1) is 5.92 Å². The van der Waals surface area contributed by atoms with E-state index in [0.717, 1.165) is 24.8 Å². The fourth-order valence-corrected chi connectivity index (χ4v) is 7.22. The van der Waals surface area contributed by atoms with E-state index in [2.05, 4.69) is 16.7 Å². The van der Waals surface area contributed by atoms with Gasteiger partial charge in [0.15, 0.2) is 0 Å². The minimum atomic E-state index is -1.47. The van der Waals surface area contributed by atoms with Gasteiger partial charge in [0.2, 0.25) is 11.8 Å². The van der Waals surface area contributed by atoms with Gasteiger partial charge >= 0.3 is 18.2 Å². The number of allylic oxidation sites excluding steroid dienone is 1. The molecule has 6 atom stereocenters. The molecule has 1 aliphatic carbocycles. The molecule has 3 heterocycles. The molecule has 0 spiro atoms.